The third-order valence-electron chi connectivity index (χ3n) is 21.2. The molecule has 0 amide bonds. The summed E-state index contributed by atoms with van der Waals surface area (Å²) in [5.74, 6) is -0.0582. The zero-order chi connectivity index (χ0) is 65.6. The van der Waals surface area contributed by atoms with Crippen molar-refractivity contribution in [2.45, 2.75) is 105 Å². The lowest BCUT2D eigenvalue weighted by Gasteiger charge is -2.53. The Balaban J connectivity index is 1.02. The Morgan fingerprint density at radius 3 is 0.968 bits per heavy atom. The zero-order valence-corrected chi connectivity index (χ0v) is 55.4. The maximum atomic E-state index is 18.1. The first-order chi connectivity index (χ1) is 45.4. The monoisotopic (exact) mass is 1250 g/mol. The highest BCUT2D eigenvalue weighted by Crippen LogP contribution is 2.60. The van der Waals surface area contributed by atoms with Crippen LogP contribution in [0.4, 0.5) is 103 Å². The Bertz CT molecular complexity index is 5250. The van der Waals surface area contributed by atoms with Crippen LogP contribution in [0, 0.1) is 23.3 Å². The van der Waals surface area contributed by atoms with Crippen LogP contribution < -0.4 is 78.4 Å². The molecule has 95 heavy (non-hydrogen) atoms. The number of benzene rings is 11. The lowest BCUT2D eigenvalue weighted by atomic mass is 9.27. The summed E-state index contributed by atoms with van der Waals surface area (Å²) in [5, 5.41) is 0. The van der Waals surface area contributed by atoms with Crippen LogP contribution in [0.5, 0.6) is 11.5 Å². The summed E-state index contributed by atoms with van der Waals surface area (Å²) < 4.78 is 77.9. The van der Waals surface area contributed by atoms with Crippen molar-refractivity contribution in [3.05, 3.63) is 240 Å². The molecule has 7 aliphatic heterocycles. The number of fused-ring (bicyclic) bond motifs is 10. The van der Waals surface area contributed by atoms with Gasteiger partial charge in [0, 0.05) is 62.3 Å². The molecule has 0 saturated carbocycles. The van der Waals surface area contributed by atoms with Gasteiger partial charge >= 0.3 is 0 Å². The van der Waals surface area contributed by atoms with Crippen molar-refractivity contribution in [2.24, 2.45) is 0 Å². The van der Waals surface area contributed by atoms with Crippen LogP contribution in [0.1, 0.15) is 105 Å². The largest absolute Gasteiger partial charge is 0.452 e. The predicted molar refractivity (Wildman–Crippen MR) is 389 cm³/mol. The molecule has 13 heteroatoms. The van der Waals surface area contributed by atoms with Crippen LogP contribution in [-0.2, 0) is 21.7 Å². The molecule has 0 aromatic heterocycles. The fourth-order valence-electron chi connectivity index (χ4n) is 16.9. The van der Waals surface area contributed by atoms with E-state index in [-0.39, 0.29) is 34.6 Å². The second-order valence-electron chi connectivity index (χ2n) is 31.0. The maximum Gasteiger partial charge on any atom is 0.252 e. The minimum absolute atomic E-state index is 0.273. The molecule has 0 atom stereocenters. The smallest absolute Gasteiger partial charge is 0.252 e. The second kappa shape index (κ2) is 19.4. The molecule has 11 aromatic rings. The predicted octanol–water partition coefficient (Wildman–Crippen LogP) is 16.3. The number of anilines is 15. The van der Waals surface area contributed by atoms with Crippen molar-refractivity contribution < 1.29 is 22.3 Å². The van der Waals surface area contributed by atoms with Crippen LogP contribution in [0.15, 0.2) is 194 Å². The molecular weight excluding hydrogens is 1180 g/mol. The zero-order valence-electron chi connectivity index (χ0n) is 55.4. The Morgan fingerprint density at radius 2 is 0.589 bits per heavy atom. The quantitative estimate of drug-likeness (QED) is 0.129. The summed E-state index contributed by atoms with van der Waals surface area (Å²) >= 11 is 0. The van der Waals surface area contributed by atoms with Crippen LogP contribution in [0.3, 0.4) is 0 Å². The van der Waals surface area contributed by atoms with Gasteiger partial charge in [-0.15, -0.1) is 0 Å². The van der Waals surface area contributed by atoms with E-state index in [2.05, 4.69) is 188 Å². The molecule has 0 fully saturated rings. The molecule has 0 spiro atoms. The molecule has 7 aliphatic rings. The van der Waals surface area contributed by atoms with E-state index < -0.39 is 30.5 Å². The average molecular weight is 1250 g/mol. The normalized spacial score (nSPS) is 14.9. The molecule has 0 unspecified atom stereocenters. The first-order valence-electron chi connectivity index (χ1n) is 33.2. The third-order valence-corrected chi connectivity index (χ3v) is 21.2. The van der Waals surface area contributed by atoms with Crippen molar-refractivity contribution in [1.82, 2.24) is 0 Å². The first-order valence-corrected chi connectivity index (χ1v) is 33.2. The lowest BCUT2D eigenvalue weighted by Crippen LogP contribution is -2.70. The van der Waals surface area contributed by atoms with Crippen LogP contribution in [-0.4, -0.2) is 20.1 Å². The molecule has 464 valence electrons. The van der Waals surface area contributed by atoms with Crippen molar-refractivity contribution in [1.29, 1.82) is 0 Å². The van der Waals surface area contributed by atoms with Gasteiger partial charge in [0.25, 0.3) is 20.1 Å². The van der Waals surface area contributed by atoms with E-state index in [1.165, 1.54) is 24.3 Å². The summed E-state index contributed by atoms with van der Waals surface area (Å²) in [6.45, 7) is 25.3. The number of para-hydroxylation sites is 4. The molecule has 0 bridgehead atoms. The molecule has 11 aromatic carbocycles. The molecule has 18 rings (SSSR count). The van der Waals surface area contributed by atoms with E-state index in [4.69, 9.17) is 4.74 Å². The Labute approximate surface area is 554 Å². The van der Waals surface area contributed by atoms with Gasteiger partial charge in [-0.3, -0.25) is 0 Å². The molecule has 0 N–H and O–H groups in total. The van der Waals surface area contributed by atoms with Gasteiger partial charge in [0.2, 0.25) is 0 Å². The molecule has 7 heterocycles. The van der Waals surface area contributed by atoms with E-state index >= 15 is 17.6 Å². The van der Waals surface area contributed by atoms with Gasteiger partial charge in [-0.2, -0.15) is 0 Å². The topological polar surface area (TPSA) is 25.4 Å². The number of hydrogen-bond donors (Lipinski definition) is 0. The number of rotatable bonds is 4. The molecule has 0 saturated heterocycles. The second-order valence-corrected chi connectivity index (χ2v) is 31.0. The summed E-state index contributed by atoms with van der Waals surface area (Å²) in [4.78, 5) is 10.8. The van der Waals surface area contributed by atoms with E-state index in [1.807, 2.05) is 65.6 Å². The van der Waals surface area contributed by atoms with Crippen LogP contribution >= 0.6 is 0 Å². The Kier molecular flexibility index (Phi) is 11.8. The van der Waals surface area contributed by atoms with Gasteiger partial charge in [-0.05, 0) is 167 Å². The number of nitrogens with zero attached hydrogens (tertiary/aromatic N) is 5. The highest BCUT2D eigenvalue weighted by Gasteiger charge is 2.57. The van der Waals surface area contributed by atoms with Crippen LogP contribution in [0.2, 0.25) is 0 Å². The summed E-state index contributed by atoms with van der Waals surface area (Å²) in [7, 11) is 0. The van der Waals surface area contributed by atoms with Gasteiger partial charge in [-0.1, -0.05) is 192 Å². The molecule has 6 nitrogen and oxygen atoms in total. The number of ether oxygens (including phenoxy) is 1. The van der Waals surface area contributed by atoms with E-state index in [0.29, 0.717) is 34.1 Å². The van der Waals surface area contributed by atoms with Gasteiger partial charge in [-0.25, -0.2) is 17.6 Å². The standard InChI is InChI=1S/C82H68B3F4N5O/c1-79(2,3)45-33-37-50-65(40-45)90(59-26-17-13-22-55(59)86)63-30-21-31-64-71(63)84(50)53-42-54-68(43-67(53)91(64)60-27-18-14-23-56(60)87)93(62-29-20-16-25-58(62)89)70-44-69-72-76-73(70)85(54)52-39-35-48(82(10,11)12)78-75(52)94(76)74-51(38-34-47(77(74)95-78)81(7,8)9)83(72)49-36-32-46(80(4,5)6)41-66(49)92(69)61-28-19-15-24-57(61)88/h13-44H,1-12H3. The summed E-state index contributed by atoms with van der Waals surface area (Å²) in [6, 6.07) is 63.2. The first kappa shape index (κ1) is 57.8. The van der Waals surface area contributed by atoms with Gasteiger partial charge in [0.15, 0.2) is 11.5 Å². The lowest BCUT2D eigenvalue weighted by molar-refractivity contribution is 0.433. The van der Waals surface area contributed by atoms with E-state index in [0.717, 1.165) is 134 Å². The Hall–Kier alpha value is -9.87. The number of hydrogen-bond acceptors (Lipinski definition) is 6. The van der Waals surface area contributed by atoms with Gasteiger partial charge < -0.3 is 29.2 Å². The van der Waals surface area contributed by atoms with E-state index in [9.17, 15) is 0 Å². The van der Waals surface area contributed by atoms with Crippen LogP contribution in [0.25, 0.3) is 0 Å². The highest BCUT2D eigenvalue weighted by molar-refractivity contribution is 7.06. The highest BCUT2D eigenvalue weighted by atomic mass is 19.1. The van der Waals surface area contributed by atoms with Gasteiger partial charge in [0.1, 0.15) is 23.3 Å². The van der Waals surface area contributed by atoms with Crippen molar-refractivity contribution in [3.8, 4) is 11.5 Å². The van der Waals surface area contributed by atoms with E-state index in [1.54, 1.807) is 24.3 Å². The van der Waals surface area contributed by atoms with Crippen molar-refractivity contribution in [3.63, 3.8) is 0 Å². The maximum absolute atomic E-state index is 18.1. The number of halogens is 4. The van der Waals surface area contributed by atoms with Crippen molar-refractivity contribution in [2.75, 3.05) is 24.5 Å². The molecule has 0 aliphatic carbocycles. The minimum Gasteiger partial charge on any atom is -0.452 e. The molecule has 0 radical (unpaired) electrons. The summed E-state index contributed by atoms with van der Waals surface area (Å²) in [5.41, 5.74) is 22.1. The van der Waals surface area contributed by atoms with Gasteiger partial charge in [0.05, 0.1) is 34.1 Å². The third kappa shape index (κ3) is 7.89. The summed E-state index contributed by atoms with van der Waals surface area (Å²) in [6.07, 6.45) is 0. The fourth-order valence-corrected chi connectivity index (χ4v) is 16.9. The molecular formula is C82H68B3F4N5O. The van der Waals surface area contributed by atoms with Crippen molar-refractivity contribution >= 4 is 155 Å². The Morgan fingerprint density at radius 1 is 0.263 bits per heavy atom. The SMILES string of the molecule is CC(C)(C)c1ccc2c(c1)N(c1ccccc1F)c1cccc3c1B2c1cc2c(cc1N3c1ccccc1F)N(c1ccccc1F)c1cc3c4c5c1B2c1ccc(C(C)(C)C)c2c1N5c1c(ccc(C(C)(C)C)c1O2)B4c1ccc(C(C)(C)C)cc1N3c1ccccc1F. The fraction of sp³-hybridized carbons (Fsp3) is 0.195. The average Bonchev–Trinajstić information content (AvgIpc) is 0.657. The minimum atomic E-state index is -0.530.